The van der Waals surface area contributed by atoms with E-state index in [-0.39, 0.29) is 53.1 Å². The van der Waals surface area contributed by atoms with Crippen LogP contribution in [0.4, 0.5) is 0 Å². The van der Waals surface area contributed by atoms with Crippen molar-refractivity contribution in [3.05, 3.63) is 54.4 Å². The van der Waals surface area contributed by atoms with Gasteiger partial charge < -0.3 is 10.2 Å². The maximum atomic E-state index is 12.4. The summed E-state index contributed by atoms with van der Waals surface area (Å²) in [4.78, 5) is -0.413. The summed E-state index contributed by atoms with van der Waals surface area (Å²) >= 11 is 35.1. The molecule has 0 saturated carbocycles. The number of nitrogens with one attached hydrogen (secondary N) is 2. The fraction of sp³-hybridized carbons (Fsp3) is 0.500. The third-order valence-electron chi connectivity index (χ3n) is 5.55. The van der Waals surface area contributed by atoms with Gasteiger partial charge in [0.2, 0.25) is 20.0 Å². The van der Waals surface area contributed by atoms with Gasteiger partial charge in [0.25, 0.3) is 0 Å². The lowest BCUT2D eigenvalue weighted by Gasteiger charge is -2.29. The minimum absolute atomic E-state index is 0.0301. The molecule has 2 aromatic carbocycles. The van der Waals surface area contributed by atoms with E-state index in [1.54, 1.807) is 0 Å². The van der Waals surface area contributed by atoms with Crippen LogP contribution in [0.25, 0.3) is 0 Å². The van der Waals surface area contributed by atoms with Crippen molar-refractivity contribution in [2.45, 2.75) is 63.4 Å². The summed E-state index contributed by atoms with van der Waals surface area (Å²) in [5, 5.41) is 19.0. The Labute approximate surface area is 266 Å². The number of hydrogen-bond donors (Lipinski definition) is 4. The monoisotopic (exact) mass is 718 g/mol. The Hall–Kier alpha value is -0.0800. The molecule has 2 aromatic rings. The fourth-order valence-corrected chi connectivity index (χ4v) is 8.38. The summed E-state index contributed by atoms with van der Waals surface area (Å²) in [5.74, 6) is 0. The van der Waals surface area contributed by atoms with Crippen molar-refractivity contribution in [1.29, 1.82) is 0 Å². The van der Waals surface area contributed by atoms with Crippen molar-refractivity contribution in [3.8, 4) is 0 Å². The van der Waals surface area contributed by atoms with Crippen LogP contribution in [-0.2, 0) is 20.0 Å². The van der Waals surface area contributed by atoms with Crippen LogP contribution in [0, 0.1) is 10.8 Å². The van der Waals surface area contributed by atoms with Crippen LogP contribution < -0.4 is 9.44 Å². The molecule has 2 atom stereocenters. The molecule has 0 radical (unpaired) electrons. The van der Waals surface area contributed by atoms with Gasteiger partial charge in [0.1, 0.15) is 9.79 Å². The van der Waals surface area contributed by atoms with E-state index >= 15 is 0 Å². The molecule has 0 fully saturated rings. The summed E-state index contributed by atoms with van der Waals surface area (Å²) in [6.07, 6.45) is 0. The summed E-state index contributed by atoms with van der Waals surface area (Å²) in [5.41, 5.74) is -0.919. The second-order valence-corrected chi connectivity index (χ2v) is 16.6. The van der Waals surface area contributed by atoms with Gasteiger partial charge in [-0.3, -0.25) is 0 Å². The third kappa shape index (κ3) is 10.6. The molecule has 0 amide bonds. The first-order valence-corrected chi connectivity index (χ1v) is 16.8. The van der Waals surface area contributed by atoms with E-state index in [2.05, 4.69) is 9.44 Å². The average Bonchev–Trinajstić information content (AvgIpc) is 2.76. The SMILES string of the molecule is CC(C)(C)[C@@H](CO)NS(=O)(=O)c1c(Cl)cc(Cl)cc1Cl.CC(C)(C)[C@@H](CO)NS(=O)(=O)c1cc(Cl)c(Cl)cc1Cl. The Bertz CT molecular complexity index is 1390. The predicted octanol–water partition coefficient (Wildman–Crippen LogP) is 6.66. The van der Waals surface area contributed by atoms with E-state index in [1.807, 2.05) is 41.5 Å². The molecule has 4 N–H and O–H groups in total. The first kappa shape index (κ1) is 37.9. The first-order valence-electron chi connectivity index (χ1n) is 11.5. The van der Waals surface area contributed by atoms with Crippen molar-refractivity contribution in [3.63, 3.8) is 0 Å². The maximum Gasteiger partial charge on any atom is 0.243 e. The van der Waals surface area contributed by atoms with E-state index in [1.165, 1.54) is 24.3 Å². The van der Waals surface area contributed by atoms with Crippen LogP contribution in [0.15, 0.2) is 34.1 Å². The molecule has 228 valence electrons. The normalized spacial score (nSPS) is 14.3. The number of sulfonamides is 2. The zero-order valence-corrected chi connectivity index (χ0v) is 28.7. The molecule has 0 aliphatic rings. The molecule has 8 nitrogen and oxygen atoms in total. The lowest BCUT2D eigenvalue weighted by Crippen LogP contribution is -2.46. The van der Waals surface area contributed by atoms with E-state index < -0.39 is 43.0 Å². The van der Waals surface area contributed by atoms with Crippen molar-refractivity contribution >= 4 is 89.7 Å². The Balaban J connectivity index is 0.000000400. The van der Waals surface area contributed by atoms with Crippen LogP contribution in [-0.4, -0.2) is 52.3 Å². The summed E-state index contributed by atoms with van der Waals surface area (Å²) in [7, 11) is -7.88. The van der Waals surface area contributed by atoms with Crippen LogP contribution >= 0.6 is 69.6 Å². The third-order valence-corrected chi connectivity index (χ3v) is 10.8. The minimum atomic E-state index is -3.97. The average molecular weight is 721 g/mol. The van der Waals surface area contributed by atoms with Gasteiger partial charge in [0.15, 0.2) is 0 Å². The van der Waals surface area contributed by atoms with Gasteiger partial charge >= 0.3 is 0 Å². The highest BCUT2D eigenvalue weighted by molar-refractivity contribution is 7.90. The van der Waals surface area contributed by atoms with Gasteiger partial charge in [-0.2, -0.15) is 0 Å². The van der Waals surface area contributed by atoms with Crippen LogP contribution in [0.3, 0.4) is 0 Å². The minimum Gasteiger partial charge on any atom is -0.395 e. The lowest BCUT2D eigenvalue weighted by molar-refractivity contribution is 0.176. The molecular weight excluding hydrogens is 689 g/mol. The molecule has 0 heterocycles. The highest BCUT2D eigenvalue weighted by Gasteiger charge is 2.32. The maximum absolute atomic E-state index is 12.4. The number of aliphatic hydroxyl groups excluding tert-OH is 2. The van der Waals surface area contributed by atoms with Gasteiger partial charge in [0, 0.05) is 17.1 Å². The molecule has 0 aromatic heterocycles. The smallest absolute Gasteiger partial charge is 0.243 e. The van der Waals surface area contributed by atoms with Gasteiger partial charge in [0.05, 0.1) is 38.3 Å². The second kappa shape index (κ2) is 14.6. The summed E-state index contributed by atoms with van der Waals surface area (Å²) in [6.45, 7) is 10.2. The van der Waals surface area contributed by atoms with E-state index in [0.717, 1.165) is 0 Å². The predicted molar refractivity (Wildman–Crippen MR) is 164 cm³/mol. The molecule has 0 aliphatic carbocycles. The largest absolute Gasteiger partial charge is 0.395 e. The highest BCUT2D eigenvalue weighted by Crippen LogP contribution is 2.34. The Morgan fingerprint density at radius 2 is 1.00 bits per heavy atom. The molecular formula is C24H32Cl6N2O6S2. The second-order valence-electron chi connectivity index (χ2n) is 10.8. The molecule has 16 heteroatoms. The van der Waals surface area contributed by atoms with Crippen LogP contribution in [0.1, 0.15) is 41.5 Å². The topological polar surface area (TPSA) is 133 Å². The number of benzene rings is 2. The van der Waals surface area contributed by atoms with Gasteiger partial charge in [-0.15, -0.1) is 0 Å². The van der Waals surface area contributed by atoms with Crippen LogP contribution in [0.5, 0.6) is 0 Å². The fourth-order valence-electron chi connectivity index (χ4n) is 2.97. The highest BCUT2D eigenvalue weighted by atomic mass is 35.5. The number of hydrogen-bond acceptors (Lipinski definition) is 6. The zero-order chi connectivity index (χ0) is 31.4. The molecule has 0 saturated heterocycles. The molecule has 40 heavy (non-hydrogen) atoms. The molecule has 2 rings (SSSR count). The Morgan fingerprint density at radius 1 is 0.625 bits per heavy atom. The number of halogens is 6. The first-order chi connectivity index (χ1) is 18.0. The zero-order valence-electron chi connectivity index (χ0n) is 22.5. The van der Waals surface area contributed by atoms with Crippen molar-refractivity contribution in [2.75, 3.05) is 13.2 Å². The van der Waals surface area contributed by atoms with Gasteiger partial charge in [-0.05, 0) is 35.1 Å². The Morgan fingerprint density at radius 3 is 1.38 bits per heavy atom. The molecule has 0 spiro atoms. The van der Waals surface area contributed by atoms with Gasteiger partial charge in [-0.1, -0.05) is 111 Å². The van der Waals surface area contributed by atoms with Crippen molar-refractivity contribution in [2.24, 2.45) is 10.8 Å². The molecule has 0 bridgehead atoms. The van der Waals surface area contributed by atoms with Gasteiger partial charge in [-0.25, -0.2) is 26.3 Å². The number of aliphatic hydroxyl groups is 2. The number of rotatable bonds is 8. The summed E-state index contributed by atoms with van der Waals surface area (Å²) in [6, 6.07) is 3.73. The molecule has 0 aliphatic heterocycles. The lowest BCUT2D eigenvalue weighted by atomic mass is 9.88. The van der Waals surface area contributed by atoms with Crippen molar-refractivity contribution in [1.82, 2.24) is 9.44 Å². The van der Waals surface area contributed by atoms with E-state index in [9.17, 15) is 27.0 Å². The standard InChI is InChI=1S/2C12H16Cl3NO3S/c1-12(2,3)11(6-17)16-20(18,19)10-5-8(14)7(13)4-9(10)15;1-12(2,3)10(6-17)16-20(18,19)11-8(14)4-7(13)5-9(11)15/h4-5,11,16-17H,6H2,1-3H3;4-5,10,16-17H,6H2,1-3H3/t11-;10-/m11/s1. The molecule has 0 unspecified atom stereocenters. The quantitative estimate of drug-likeness (QED) is 0.226. The van der Waals surface area contributed by atoms with Crippen molar-refractivity contribution < 1.29 is 27.0 Å². The Kier molecular flexibility index (Phi) is 13.8. The van der Waals surface area contributed by atoms with E-state index in [4.69, 9.17) is 69.6 Å². The summed E-state index contributed by atoms with van der Waals surface area (Å²) < 4.78 is 54.2. The van der Waals surface area contributed by atoms with Crippen LogP contribution in [0.2, 0.25) is 30.1 Å². The van der Waals surface area contributed by atoms with E-state index in [0.29, 0.717) is 0 Å².